The second kappa shape index (κ2) is 5.70. The Kier molecular flexibility index (Phi) is 4.82. The van der Waals surface area contributed by atoms with Gasteiger partial charge in [0.2, 0.25) is 0 Å². The van der Waals surface area contributed by atoms with E-state index in [4.69, 9.17) is 11.6 Å². The Morgan fingerprint density at radius 2 is 1.81 bits per heavy atom. The van der Waals surface area contributed by atoms with Crippen molar-refractivity contribution in [2.75, 3.05) is 14.1 Å². The summed E-state index contributed by atoms with van der Waals surface area (Å²) in [6.07, 6.45) is 2.11. The number of benzene rings is 1. The first-order valence-electron chi connectivity index (χ1n) is 5.84. The molecule has 0 saturated carbocycles. The average molecular weight is 240 g/mol. The minimum absolute atomic E-state index is 0.245. The molecule has 0 aliphatic carbocycles. The van der Waals surface area contributed by atoms with Crippen LogP contribution in [-0.2, 0) is 4.87 Å². The zero-order valence-electron chi connectivity index (χ0n) is 10.7. The Morgan fingerprint density at radius 1 is 1.25 bits per heavy atom. The number of nitrogens with zero attached hydrogens (tertiary/aromatic N) is 1. The molecule has 2 unspecified atom stereocenters. The van der Waals surface area contributed by atoms with Gasteiger partial charge in [-0.2, -0.15) is 0 Å². The summed E-state index contributed by atoms with van der Waals surface area (Å²) in [7, 11) is 4.22. The summed E-state index contributed by atoms with van der Waals surface area (Å²) in [6.45, 7) is 4.34. The van der Waals surface area contributed by atoms with Crippen molar-refractivity contribution in [3.05, 3.63) is 35.9 Å². The molecule has 0 amide bonds. The zero-order chi connectivity index (χ0) is 12.2. The molecule has 0 fully saturated rings. The summed E-state index contributed by atoms with van der Waals surface area (Å²) in [4.78, 5) is 1.99. The van der Waals surface area contributed by atoms with E-state index in [2.05, 4.69) is 45.0 Å². The summed E-state index contributed by atoms with van der Waals surface area (Å²) in [5.41, 5.74) is 1.21. The second-order valence-corrected chi connectivity index (χ2v) is 5.75. The van der Waals surface area contributed by atoms with E-state index in [9.17, 15) is 0 Å². The molecule has 90 valence electrons. The van der Waals surface area contributed by atoms with Gasteiger partial charge < -0.3 is 4.90 Å². The smallest absolute Gasteiger partial charge is 0.0667 e. The molecule has 0 aromatic heterocycles. The zero-order valence-corrected chi connectivity index (χ0v) is 11.5. The van der Waals surface area contributed by atoms with Gasteiger partial charge in [0.25, 0.3) is 0 Å². The first kappa shape index (κ1) is 13.5. The lowest BCUT2D eigenvalue weighted by Gasteiger charge is -2.27. The molecule has 16 heavy (non-hydrogen) atoms. The highest BCUT2D eigenvalue weighted by Gasteiger charge is 2.23. The summed E-state index contributed by atoms with van der Waals surface area (Å²) < 4.78 is 0. The first-order chi connectivity index (χ1) is 7.43. The number of halogens is 1. The van der Waals surface area contributed by atoms with Crippen LogP contribution in [0.1, 0.15) is 32.3 Å². The lowest BCUT2D eigenvalue weighted by Crippen LogP contribution is -2.27. The molecule has 0 heterocycles. The van der Waals surface area contributed by atoms with Gasteiger partial charge in [-0.15, -0.1) is 11.6 Å². The number of hydrogen-bond acceptors (Lipinski definition) is 1. The van der Waals surface area contributed by atoms with Crippen molar-refractivity contribution in [3.63, 3.8) is 0 Å². The Balaban J connectivity index is 2.59. The van der Waals surface area contributed by atoms with Crippen LogP contribution < -0.4 is 0 Å². The van der Waals surface area contributed by atoms with Gasteiger partial charge in [0.05, 0.1) is 4.87 Å². The fraction of sp³-hybridized carbons (Fsp3) is 0.571. The first-order valence-corrected chi connectivity index (χ1v) is 6.22. The average Bonchev–Trinajstić information content (AvgIpc) is 2.27. The van der Waals surface area contributed by atoms with Crippen LogP contribution in [0.15, 0.2) is 30.3 Å². The van der Waals surface area contributed by atoms with Crippen LogP contribution in [0.5, 0.6) is 0 Å². The van der Waals surface area contributed by atoms with Crippen molar-refractivity contribution < 1.29 is 0 Å². The summed E-state index contributed by atoms with van der Waals surface area (Å²) in [5, 5.41) is 0. The van der Waals surface area contributed by atoms with Crippen LogP contribution in [0.25, 0.3) is 0 Å². The number of hydrogen-bond donors (Lipinski definition) is 0. The van der Waals surface area contributed by atoms with E-state index in [0.717, 1.165) is 12.8 Å². The quantitative estimate of drug-likeness (QED) is 0.705. The molecule has 2 heteroatoms. The van der Waals surface area contributed by atoms with E-state index in [-0.39, 0.29) is 4.87 Å². The van der Waals surface area contributed by atoms with E-state index < -0.39 is 0 Å². The Hall–Kier alpha value is -0.530. The molecular weight excluding hydrogens is 218 g/mol. The Labute approximate surface area is 104 Å². The van der Waals surface area contributed by atoms with Crippen LogP contribution in [0.3, 0.4) is 0 Å². The second-order valence-electron chi connectivity index (χ2n) is 4.91. The molecule has 0 aliphatic heterocycles. The molecule has 0 radical (unpaired) electrons. The van der Waals surface area contributed by atoms with Gasteiger partial charge in [-0.05, 0) is 46.3 Å². The summed E-state index contributed by atoms with van der Waals surface area (Å²) >= 11 is 6.59. The van der Waals surface area contributed by atoms with Crippen molar-refractivity contribution >= 4 is 11.6 Å². The molecule has 1 aromatic carbocycles. The van der Waals surface area contributed by atoms with E-state index in [1.807, 2.05) is 18.2 Å². The minimum Gasteiger partial charge on any atom is -0.307 e. The van der Waals surface area contributed by atoms with Gasteiger partial charge in [-0.3, -0.25) is 0 Å². The third-order valence-corrected chi connectivity index (χ3v) is 3.70. The van der Waals surface area contributed by atoms with Gasteiger partial charge in [0, 0.05) is 6.04 Å². The highest BCUT2D eigenvalue weighted by molar-refractivity contribution is 6.23. The lowest BCUT2D eigenvalue weighted by molar-refractivity contribution is 0.285. The van der Waals surface area contributed by atoms with E-state index in [0.29, 0.717) is 6.04 Å². The highest BCUT2D eigenvalue weighted by atomic mass is 35.5. The lowest BCUT2D eigenvalue weighted by atomic mass is 9.93. The molecule has 1 aromatic rings. The van der Waals surface area contributed by atoms with Gasteiger partial charge in [0.1, 0.15) is 0 Å². The van der Waals surface area contributed by atoms with E-state index >= 15 is 0 Å². The largest absolute Gasteiger partial charge is 0.307 e. The fourth-order valence-electron chi connectivity index (χ4n) is 1.67. The molecule has 1 rings (SSSR count). The van der Waals surface area contributed by atoms with Gasteiger partial charge in [-0.1, -0.05) is 30.3 Å². The maximum Gasteiger partial charge on any atom is 0.0667 e. The van der Waals surface area contributed by atoms with Crippen LogP contribution >= 0.6 is 11.6 Å². The van der Waals surface area contributed by atoms with Crippen LogP contribution in [0, 0.1) is 0 Å². The monoisotopic (exact) mass is 239 g/mol. The Bertz CT molecular complexity index is 306. The SMILES string of the molecule is CC(CCC(C)(Cl)c1ccccc1)N(C)C. The molecule has 0 aliphatic rings. The predicted octanol–water partition coefficient (Wildman–Crippen LogP) is 3.87. The van der Waals surface area contributed by atoms with Crippen molar-refractivity contribution in [3.8, 4) is 0 Å². The molecule has 0 saturated heterocycles. The van der Waals surface area contributed by atoms with E-state index in [1.54, 1.807) is 0 Å². The van der Waals surface area contributed by atoms with Gasteiger partial charge >= 0.3 is 0 Å². The van der Waals surface area contributed by atoms with E-state index in [1.165, 1.54) is 5.56 Å². The van der Waals surface area contributed by atoms with Gasteiger partial charge in [0.15, 0.2) is 0 Å². The van der Waals surface area contributed by atoms with Crippen molar-refractivity contribution in [1.29, 1.82) is 0 Å². The van der Waals surface area contributed by atoms with Crippen LogP contribution in [0.4, 0.5) is 0 Å². The molecule has 1 nitrogen and oxygen atoms in total. The molecular formula is C14H22ClN. The topological polar surface area (TPSA) is 3.24 Å². The van der Waals surface area contributed by atoms with Crippen molar-refractivity contribution in [1.82, 2.24) is 4.90 Å². The van der Waals surface area contributed by atoms with Crippen LogP contribution in [-0.4, -0.2) is 25.0 Å². The molecule has 0 spiro atoms. The van der Waals surface area contributed by atoms with Gasteiger partial charge in [-0.25, -0.2) is 0 Å². The third kappa shape index (κ3) is 3.80. The Morgan fingerprint density at radius 3 is 2.31 bits per heavy atom. The highest BCUT2D eigenvalue weighted by Crippen LogP contribution is 2.33. The van der Waals surface area contributed by atoms with Crippen LogP contribution in [0.2, 0.25) is 0 Å². The minimum atomic E-state index is -0.245. The molecule has 2 atom stereocenters. The fourth-order valence-corrected chi connectivity index (χ4v) is 1.90. The maximum atomic E-state index is 6.59. The standard InChI is InChI=1S/C14H22ClN/c1-12(16(3)4)10-11-14(2,15)13-8-6-5-7-9-13/h5-9,12H,10-11H2,1-4H3. The maximum absolute atomic E-state index is 6.59. The molecule has 0 bridgehead atoms. The van der Waals surface area contributed by atoms with Crippen molar-refractivity contribution in [2.24, 2.45) is 0 Å². The predicted molar refractivity (Wildman–Crippen MR) is 72.0 cm³/mol. The normalized spacial score (nSPS) is 17.1. The number of alkyl halides is 1. The third-order valence-electron chi connectivity index (χ3n) is 3.29. The number of rotatable bonds is 5. The van der Waals surface area contributed by atoms with Crippen molar-refractivity contribution in [2.45, 2.75) is 37.6 Å². The molecule has 0 N–H and O–H groups in total. The summed E-state index contributed by atoms with van der Waals surface area (Å²) in [5.74, 6) is 0. The summed E-state index contributed by atoms with van der Waals surface area (Å²) in [6, 6.07) is 10.9.